The summed E-state index contributed by atoms with van der Waals surface area (Å²) < 4.78 is 4.67. The van der Waals surface area contributed by atoms with Crippen LogP contribution in [0.25, 0.3) is 0 Å². The zero-order valence-electron chi connectivity index (χ0n) is 22.8. The Kier molecular flexibility index (Phi) is 14.5. The molecular formula is C28H40CoN4O4+6. The first kappa shape index (κ1) is 33.3. The number of aromatic nitrogens is 4. The van der Waals surface area contributed by atoms with Crippen LogP contribution >= 0.6 is 0 Å². The van der Waals surface area contributed by atoms with Crippen molar-refractivity contribution in [3.8, 4) is 0 Å². The molecule has 0 aliphatic rings. The summed E-state index contributed by atoms with van der Waals surface area (Å²) in [7, 11) is 0. The predicted molar refractivity (Wildman–Crippen MR) is 133 cm³/mol. The Morgan fingerprint density at radius 1 is 0.324 bits per heavy atom. The van der Waals surface area contributed by atoms with Crippen LogP contribution in [0, 0.1) is 55.4 Å². The zero-order valence-corrected chi connectivity index (χ0v) is 23.9. The van der Waals surface area contributed by atoms with E-state index in [1.807, 2.05) is 128 Å². The largest absolute Gasteiger partial charge is 2.00 e. The molecule has 0 aliphatic carbocycles. The van der Waals surface area contributed by atoms with Crippen LogP contribution in [0.3, 0.4) is 0 Å². The molecule has 0 bridgehead atoms. The van der Waals surface area contributed by atoms with Crippen molar-refractivity contribution in [2.45, 2.75) is 55.4 Å². The Bertz CT molecular complexity index is 1000. The van der Waals surface area contributed by atoms with Gasteiger partial charge in [-0.25, -0.2) is 0 Å². The summed E-state index contributed by atoms with van der Waals surface area (Å²) in [5.74, 6) is 0. The molecule has 4 rings (SSSR count). The quantitative estimate of drug-likeness (QED) is 0.198. The molecule has 0 atom stereocenters. The van der Waals surface area contributed by atoms with E-state index in [0.29, 0.717) is 0 Å². The molecule has 4 aromatic heterocycles. The van der Waals surface area contributed by atoms with Gasteiger partial charge in [-0.05, 0) is 24.3 Å². The zero-order chi connectivity index (χ0) is 27.4. The maximum absolute atomic E-state index is 9.12. The second-order valence-electron chi connectivity index (χ2n) is 8.48. The number of nitrogens with zero attached hydrogens (tertiary/aromatic N) is 4. The molecule has 199 valence electrons. The van der Waals surface area contributed by atoms with Gasteiger partial charge < -0.3 is 0 Å². The van der Waals surface area contributed by atoms with Gasteiger partial charge >= 0.3 is 16.8 Å². The predicted octanol–water partition coefficient (Wildman–Crippen LogP) is 3.31. The van der Waals surface area contributed by atoms with Crippen molar-refractivity contribution < 1.29 is 56.5 Å². The molecule has 4 N–H and O–H groups in total. The average Bonchev–Trinajstić information content (AvgIpc) is 2.84. The summed E-state index contributed by atoms with van der Waals surface area (Å²) in [6, 6.07) is 22.5. The number of hydrogen-bond donors (Lipinski definition) is 4. The van der Waals surface area contributed by atoms with Crippen LogP contribution in [0.5, 0.6) is 0 Å². The number of pyridine rings is 4. The fourth-order valence-corrected chi connectivity index (χ4v) is 2.98. The maximum atomic E-state index is 9.12. The smallest absolute Gasteiger partial charge is 0.285 e. The van der Waals surface area contributed by atoms with E-state index >= 15 is 0 Å². The summed E-state index contributed by atoms with van der Waals surface area (Å²) in [5.41, 5.74) is 6.85. The summed E-state index contributed by atoms with van der Waals surface area (Å²) in [5, 5.41) is 36.5. The van der Waals surface area contributed by atoms with Crippen LogP contribution in [-0.2, 0) is 16.8 Å². The first-order valence-electron chi connectivity index (χ1n) is 11.6. The van der Waals surface area contributed by atoms with Crippen molar-refractivity contribution in [2.24, 2.45) is 0 Å². The van der Waals surface area contributed by atoms with Gasteiger partial charge in [-0.2, -0.15) is 0 Å². The van der Waals surface area contributed by atoms with Gasteiger partial charge in [-0.1, -0.05) is 0 Å². The fourth-order valence-electron chi connectivity index (χ4n) is 2.98. The third kappa shape index (κ3) is 10.8. The molecule has 0 fully saturated rings. The summed E-state index contributed by atoms with van der Waals surface area (Å²) in [6.07, 6.45) is 0. The SMILES string of the molecule is Cc1cccc(C)[n+]1O.Cc1cccc(C)[n+]1O.Cc1cccc(C)[n+]1O.Cc1cccc(C)[n+]1O.[Co+2]. The standard InChI is InChI=1S/4C7H10NO.Co/c4*1-6-4-3-5-7(2)8(6)9;/h4*3-5,9H,1-2H3;/q4*+1;+2. The van der Waals surface area contributed by atoms with Crippen LogP contribution in [0.1, 0.15) is 45.6 Å². The second-order valence-corrected chi connectivity index (χ2v) is 8.48. The van der Waals surface area contributed by atoms with Gasteiger partial charge in [-0.15, -0.1) is 0 Å². The number of aryl methyl sites for hydroxylation is 8. The maximum Gasteiger partial charge on any atom is 2.00 e. The minimum atomic E-state index is 0. The van der Waals surface area contributed by atoms with Crippen molar-refractivity contribution in [1.82, 2.24) is 0 Å². The van der Waals surface area contributed by atoms with Crippen LogP contribution < -0.4 is 18.9 Å². The van der Waals surface area contributed by atoms with Crippen LogP contribution in [0.15, 0.2) is 72.8 Å². The molecule has 37 heavy (non-hydrogen) atoms. The van der Waals surface area contributed by atoms with Gasteiger partial charge in [0.2, 0.25) is 45.6 Å². The summed E-state index contributed by atoms with van der Waals surface area (Å²) >= 11 is 0. The second kappa shape index (κ2) is 16.1. The van der Waals surface area contributed by atoms with Crippen LogP contribution in [0.4, 0.5) is 0 Å². The average molecular weight is 556 g/mol. The number of hydrogen-bond acceptors (Lipinski definition) is 4. The molecule has 4 heterocycles. The van der Waals surface area contributed by atoms with Crippen molar-refractivity contribution >= 4 is 0 Å². The molecule has 0 saturated carbocycles. The molecular weight excluding hydrogens is 515 g/mol. The fraction of sp³-hybridized carbons (Fsp3) is 0.286. The monoisotopic (exact) mass is 555 g/mol. The van der Waals surface area contributed by atoms with E-state index in [0.717, 1.165) is 45.6 Å². The van der Waals surface area contributed by atoms with Crippen molar-refractivity contribution in [2.75, 3.05) is 0 Å². The molecule has 8 nitrogen and oxygen atoms in total. The molecule has 9 heteroatoms. The summed E-state index contributed by atoms with van der Waals surface area (Å²) in [6.45, 7) is 14.8. The third-order valence-electron chi connectivity index (χ3n) is 5.37. The van der Waals surface area contributed by atoms with Gasteiger partial charge in [0.1, 0.15) is 0 Å². The molecule has 0 aromatic carbocycles. The van der Waals surface area contributed by atoms with Gasteiger partial charge in [-0.3, -0.25) is 20.8 Å². The molecule has 0 saturated heterocycles. The minimum absolute atomic E-state index is 0. The van der Waals surface area contributed by atoms with E-state index in [-0.39, 0.29) is 16.8 Å². The molecule has 1 radical (unpaired) electrons. The van der Waals surface area contributed by atoms with Crippen LogP contribution in [0.2, 0.25) is 0 Å². The van der Waals surface area contributed by atoms with E-state index in [1.54, 1.807) is 0 Å². The van der Waals surface area contributed by atoms with Crippen molar-refractivity contribution in [3.63, 3.8) is 0 Å². The van der Waals surface area contributed by atoms with E-state index in [9.17, 15) is 0 Å². The van der Waals surface area contributed by atoms with Crippen LogP contribution in [-0.4, -0.2) is 20.8 Å². The molecule has 0 unspecified atom stereocenters. The Labute approximate surface area is 230 Å². The van der Waals surface area contributed by atoms with Crippen molar-refractivity contribution in [3.05, 3.63) is 118 Å². The molecule has 4 aromatic rings. The Morgan fingerprint density at radius 3 is 0.514 bits per heavy atom. The topological polar surface area (TPSA) is 96.4 Å². The van der Waals surface area contributed by atoms with E-state index < -0.39 is 0 Å². The molecule has 0 spiro atoms. The molecule has 0 aliphatic heterocycles. The van der Waals surface area contributed by atoms with Gasteiger partial charge in [0.15, 0.2) is 0 Å². The van der Waals surface area contributed by atoms with Gasteiger partial charge in [0, 0.05) is 123 Å². The minimum Gasteiger partial charge on any atom is -0.285 e. The third-order valence-corrected chi connectivity index (χ3v) is 5.37. The normalized spacial score (nSPS) is 9.30. The Morgan fingerprint density at radius 2 is 0.432 bits per heavy atom. The first-order chi connectivity index (χ1) is 16.9. The first-order valence-corrected chi connectivity index (χ1v) is 11.6. The van der Waals surface area contributed by atoms with Gasteiger partial charge in [0.25, 0.3) is 0 Å². The van der Waals surface area contributed by atoms with Gasteiger partial charge in [0.05, 0.1) is 0 Å². The van der Waals surface area contributed by atoms with Crippen molar-refractivity contribution in [1.29, 1.82) is 0 Å². The van der Waals surface area contributed by atoms with E-state index in [4.69, 9.17) is 20.8 Å². The Balaban J connectivity index is 0.000000463. The van der Waals surface area contributed by atoms with E-state index in [2.05, 4.69) is 0 Å². The van der Waals surface area contributed by atoms with E-state index in [1.165, 1.54) is 18.9 Å². The Hall–Kier alpha value is -3.69. The number of rotatable bonds is 0. The summed E-state index contributed by atoms with van der Waals surface area (Å²) in [4.78, 5) is 0. The molecule has 0 amide bonds.